The molecule has 0 aliphatic rings. The van der Waals surface area contributed by atoms with Crippen LogP contribution in [0.25, 0.3) is 10.9 Å². The molecule has 0 fully saturated rings. The van der Waals surface area contributed by atoms with Gasteiger partial charge in [-0.15, -0.1) is 0 Å². The third-order valence-electron chi connectivity index (χ3n) is 2.81. The molecule has 0 spiro atoms. The Labute approximate surface area is 105 Å². The van der Waals surface area contributed by atoms with Crippen LogP contribution in [0.5, 0.6) is 0 Å². The Kier molecular flexibility index (Phi) is 3.66. The summed E-state index contributed by atoms with van der Waals surface area (Å²) in [5, 5.41) is 1.35. The molecule has 0 aliphatic carbocycles. The predicted molar refractivity (Wildman–Crippen MR) is 72.7 cm³/mol. The monoisotopic (exact) mass is 280 g/mol. The summed E-state index contributed by atoms with van der Waals surface area (Å²) >= 11 is 3.53. The van der Waals surface area contributed by atoms with Gasteiger partial charge in [-0.2, -0.15) is 0 Å². The molecular weight excluding hydrogens is 264 g/mol. The molecular formula is C13H17BrN2. The second-order valence-corrected chi connectivity index (χ2v) is 4.96. The van der Waals surface area contributed by atoms with E-state index in [2.05, 4.69) is 51.8 Å². The Bertz CT molecular complexity index is 488. The van der Waals surface area contributed by atoms with Crippen molar-refractivity contribution < 1.29 is 0 Å². The maximum atomic E-state index is 5.63. The van der Waals surface area contributed by atoms with Crippen molar-refractivity contribution >= 4 is 26.8 Å². The Morgan fingerprint density at radius 1 is 1.38 bits per heavy atom. The smallest absolute Gasteiger partial charge is 0.0484 e. The average molecular weight is 281 g/mol. The molecule has 2 N–H and O–H groups in total. The maximum absolute atomic E-state index is 5.63. The lowest BCUT2D eigenvalue weighted by Gasteiger charge is -2.02. The fraction of sp³-hybridized carbons (Fsp3) is 0.385. The van der Waals surface area contributed by atoms with Gasteiger partial charge < -0.3 is 10.3 Å². The minimum atomic E-state index is 0.686. The number of aryl methyl sites for hydroxylation is 1. The van der Waals surface area contributed by atoms with Gasteiger partial charge in [-0.05, 0) is 30.2 Å². The molecule has 0 atom stereocenters. The van der Waals surface area contributed by atoms with Crippen LogP contribution >= 0.6 is 15.9 Å². The van der Waals surface area contributed by atoms with E-state index in [-0.39, 0.29) is 0 Å². The van der Waals surface area contributed by atoms with Crippen LogP contribution in [0.4, 0.5) is 0 Å². The Balaban J connectivity index is 2.56. The normalized spacial score (nSPS) is 11.2. The number of hydrogen-bond donors (Lipinski definition) is 1. The summed E-state index contributed by atoms with van der Waals surface area (Å²) in [6.07, 6.45) is 4.55. The molecule has 3 heteroatoms. The Morgan fingerprint density at radius 2 is 2.19 bits per heavy atom. The molecule has 0 aliphatic heterocycles. The summed E-state index contributed by atoms with van der Waals surface area (Å²) in [5.74, 6) is 0. The molecule has 86 valence electrons. The number of nitrogens with two attached hydrogens (primary N) is 1. The van der Waals surface area contributed by atoms with Crippen molar-refractivity contribution in [1.82, 2.24) is 4.57 Å². The van der Waals surface area contributed by atoms with Gasteiger partial charge in [0.25, 0.3) is 0 Å². The first-order chi connectivity index (χ1) is 7.76. The lowest BCUT2D eigenvalue weighted by atomic mass is 10.1. The van der Waals surface area contributed by atoms with E-state index in [1.807, 2.05) is 0 Å². The number of rotatable bonds is 4. The summed E-state index contributed by atoms with van der Waals surface area (Å²) < 4.78 is 3.40. The number of fused-ring (bicyclic) bond motifs is 1. The van der Waals surface area contributed by atoms with Crippen molar-refractivity contribution in [2.24, 2.45) is 5.73 Å². The van der Waals surface area contributed by atoms with Crippen LogP contribution in [0.15, 0.2) is 28.9 Å². The quantitative estimate of drug-likeness (QED) is 0.915. The lowest BCUT2D eigenvalue weighted by Crippen LogP contribution is -2.08. The van der Waals surface area contributed by atoms with E-state index >= 15 is 0 Å². The highest BCUT2D eigenvalue weighted by Crippen LogP contribution is 2.26. The highest BCUT2D eigenvalue weighted by molar-refractivity contribution is 9.10. The number of benzene rings is 1. The Morgan fingerprint density at radius 3 is 2.88 bits per heavy atom. The molecule has 0 saturated heterocycles. The zero-order valence-corrected chi connectivity index (χ0v) is 11.1. The summed E-state index contributed by atoms with van der Waals surface area (Å²) in [5.41, 5.74) is 8.35. The summed E-state index contributed by atoms with van der Waals surface area (Å²) in [7, 11) is 0. The van der Waals surface area contributed by atoms with Gasteiger partial charge in [0.05, 0.1) is 0 Å². The highest BCUT2D eigenvalue weighted by atomic mass is 79.9. The highest BCUT2D eigenvalue weighted by Gasteiger charge is 2.07. The minimum absolute atomic E-state index is 0.686. The number of halogens is 1. The summed E-state index contributed by atoms with van der Waals surface area (Å²) in [6.45, 7) is 3.79. The SMILES string of the molecule is CCCc1cn(CCN)c2ccc(Br)cc12. The van der Waals surface area contributed by atoms with Gasteiger partial charge >= 0.3 is 0 Å². The third kappa shape index (κ3) is 2.15. The fourth-order valence-corrected chi connectivity index (χ4v) is 2.50. The molecule has 0 radical (unpaired) electrons. The summed E-state index contributed by atoms with van der Waals surface area (Å²) in [4.78, 5) is 0. The van der Waals surface area contributed by atoms with Crippen molar-refractivity contribution in [3.63, 3.8) is 0 Å². The number of nitrogens with zero attached hydrogens (tertiary/aromatic N) is 1. The molecule has 0 amide bonds. The van der Waals surface area contributed by atoms with E-state index in [1.165, 1.54) is 22.9 Å². The number of aromatic nitrogens is 1. The van der Waals surface area contributed by atoms with Crippen LogP contribution in [-0.4, -0.2) is 11.1 Å². The van der Waals surface area contributed by atoms with Crippen molar-refractivity contribution in [3.8, 4) is 0 Å². The minimum Gasteiger partial charge on any atom is -0.346 e. The molecule has 0 saturated carbocycles. The van der Waals surface area contributed by atoms with Crippen LogP contribution < -0.4 is 5.73 Å². The second kappa shape index (κ2) is 5.02. The van der Waals surface area contributed by atoms with E-state index in [0.29, 0.717) is 6.54 Å². The predicted octanol–water partition coefficient (Wildman–Crippen LogP) is 3.32. The second-order valence-electron chi connectivity index (χ2n) is 4.05. The van der Waals surface area contributed by atoms with E-state index in [4.69, 9.17) is 5.73 Å². The molecule has 16 heavy (non-hydrogen) atoms. The largest absolute Gasteiger partial charge is 0.346 e. The molecule has 2 aromatic rings. The topological polar surface area (TPSA) is 30.9 Å². The van der Waals surface area contributed by atoms with Crippen molar-refractivity contribution in [1.29, 1.82) is 0 Å². The average Bonchev–Trinajstić information content (AvgIpc) is 2.58. The first kappa shape index (κ1) is 11.7. The first-order valence-corrected chi connectivity index (χ1v) is 6.53. The van der Waals surface area contributed by atoms with Gasteiger partial charge in [0.1, 0.15) is 0 Å². The van der Waals surface area contributed by atoms with E-state index in [1.54, 1.807) is 0 Å². The van der Waals surface area contributed by atoms with Gasteiger partial charge in [-0.1, -0.05) is 29.3 Å². The van der Waals surface area contributed by atoms with Gasteiger partial charge in [-0.3, -0.25) is 0 Å². The van der Waals surface area contributed by atoms with Crippen LogP contribution in [0.1, 0.15) is 18.9 Å². The molecule has 0 unspecified atom stereocenters. The van der Waals surface area contributed by atoms with Gasteiger partial charge in [-0.25, -0.2) is 0 Å². The van der Waals surface area contributed by atoms with Crippen LogP contribution in [0.2, 0.25) is 0 Å². The Hall–Kier alpha value is -0.800. The van der Waals surface area contributed by atoms with Crippen molar-refractivity contribution in [2.75, 3.05) is 6.54 Å². The fourth-order valence-electron chi connectivity index (χ4n) is 2.14. The third-order valence-corrected chi connectivity index (χ3v) is 3.31. The molecule has 1 heterocycles. The van der Waals surface area contributed by atoms with Gasteiger partial charge in [0.15, 0.2) is 0 Å². The van der Waals surface area contributed by atoms with Crippen LogP contribution in [0, 0.1) is 0 Å². The zero-order chi connectivity index (χ0) is 11.5. The van der Waals surface area contributed by atoms with Crippen LogP contribution in [-0.2, 0) is 13.0 Å². The zero-order valence-electron chi connectivity index (χ0n) is 9.54. The lowest BCUT2D eigenvalue weighted by molar-refractivity contribution is 0.730. The van der Waals surface area contributed by atoms with Gasteiger partial charge in [0, 0.05) is 34.7 Å². The van der Waals surface area contributed by atoms with E-state index in [0.717, 1.165) is 17.4 Å². The van der Waals surface area contributed by atoms with Crippen molar-refractivity contribution in [3.05, 3.63) is 34.4 Å². The molecule has 2 rings (SSSR count). The molecule has 1 aromatic heterocycles. The number of hydrogen-bond acceptors (Lipinski definition) is 1. The first-order valence-electron chi connectivity index (χ1n) is 5.73. The van der Waals surface area contributed by atoms with E-state index in [9.17, 15) is 0 Å². The van der Waals surface area contributed by atoms with Crippen molar-refractivity contribution in [2.45, 2.75) is 26.3 Å². The van der Waals surface area contributed by atoms with Crippen LogP contribution in [0.3, 0.4) is 0 Å². The molecule has 2 nitrogen and oxygen atoms in total. The summed E-state index contributed by atoms with van der Waals surface area (Å²) in [6, 6.07) is 6.45. The maximum Gasteiger partial charge on any atom is 0.0484 e. The standard InChI is InChI=1S/C13H17BrN2/c1-2-3-10-9-16(7-6-15)13-5-4-11(14)8-12(10)13/h4-5,8-9H,2-3,6-7,15H2,1H3. The van der Waals surface area contributed by atoms with Gasteiger partial charge in [0.2, 0.25) is 0 Å². The molecule has 1 aromatic carbocycles. The van der Waals surface area contributed by atoms with E-state index < -0.39 is 0 Å². The molecule has 0 bridgehead atoms.